The maximum absolute atomic E-state index is 13.5. The van der Waals surface area contributed by atoms with E-state index in [-0.39, 0.29) is 5.82 Å². The summed E-state index contributed by atoms with van der Waals surface area (Å²) in [5.74, 6) is 1.07. The average Bonchev–Trinajstić information content (AvgIpc) is 3.09. The minimum atomic E-state index is -0.311. The molecule has 0 aliphatic rings. The van der Waals surface area contributed by atoms with Crippen molar-refractivity contribution in [3.05, 3.63) is 78.4 Å². The number of anilines is 2. The predicted octanol–water partition coefficient (Wildman–Crippen LogP) is 6.02. The average molecular weight is 420 g/mol. The number of aromatic nitrogens is 4. The van der Waals surface area contributed by atoms with Crippen molar-refractivity contribution in [2.75, 3.05) is 11.1 Å². The first kappa shape index (κ1) is 20.1. The summed E-state index contributed by atoms with van der Waals surface area (Å²) in [5.41, 5.74) is 4.38. The summed E-state index contributed by atoms with van der Waals surface area (Å²) in [7, 11) is 0. The molecule has 4 aromatic rings. The largest absolute Gasteiger partial charge is 0.324 e. The molecule has 152 valence electrons. The highest BCUT2D eigenvalue weighted by Crippen LogP contribution is 2.34. The fourth-order valence-electron chi connectivity index (χ4n) is 3.15. The van der Waals surface area contributed by atoms with Gasteiger partial charge in [-0.2, -0.15) is 5.10 Å². The van der Waals surface area contributed by atoms with E-state index in [2.05, 4.69) is 17.2 Å². The van der Waals surface area contributed by atoms with Gasteiger partial charge in [-0.3, -0.25) is 0 Å². The second kappa shape index (κ2) is 9.09. The standard InChI is InChI=1S/C23H22FN5S/c1-3-14-30-22-21(16(2)29(28-22)19-10-5-4-6-11-19)20-12-13-25-23(27-20)26-18-9-7-8-17(24)15-18/h4-13,15H,3,14H2,1-2H3,(H,25,26,27). The summed E-state index contributed by atoms with van der Waals surface area (Å²) < 4.78 is 15.5. The lowest BCUT2D eigenvalue weighted by molar-refractivity contribution is 0.628. The normalized spacial score (nSPS) is 10.9. The van der Waals surface area contributed by atoms with Gasteiger partial charge in [0.2, 0.25) is 5.95 Å². The fourth-order valence-corrected chi connectivity index (χ4v) is 4.08. The summed E-state index contributed by atoms with van der Waals surface area (Å²) in [5, 5.41) is 8.89. The number of benzene rings is 2. The SMILES string of the molecule is CCCSc1nn(-c2ccccc2)c(C)c1-c1ccnc(Nc2cccc(F)c2)n1. The van der Waals surface area contributed by atoms with Gasteiger partial charge >= 0.3 is 0 Å². The topological polar surface area (TPSA) is 55.6 Å². The second-order valence-electron chi connectivity index (χ2n) is 6.76. The minimum absolute atomic E-state index is 0.311. The van der Waals surface area contributed by atoms with E-state index in [0.717, 1.165) is 39.8 Å². The predicted molar refractivity (Wildman–Crippen MR) is 120 cm³/mol. The molecule has 30 heavy (non-hydrogen) atoms. The molecule has 1 N–H and O–H groups in total. The number of halogens is 1. The lowest BCUT2D eigenvalue weighted by atomic mass is 10.2. The number of hydrogen-bond donors (Lipinski definition) is 1. The van der Waals surface area contributed by atoms with E-state index in [1.165, 1.54) is 12.1 Å². The Bertz CT molecular complexity index is 1140. The molecule has 2 aromatic carbocycles. The van der Waals surface area contributed by atoms with E-state index in [1.807, 2.05) is 48.0 Å². The fraction of sp³-hybridized carbons (Fsp3) is 0.174. The monoisotopic (exact) mass is 419 g/mol. The van der Waals surface area contributed by atoms with Crippen LogP contribution in [0, 0.1) is 12.7 Å². The summed E-state index contributed by atoms with van der Waals surface area (Å²) in [6.45, 7) is 4.20. The van der Waals surface area contributed by atoms with Crippen molar-refractivity contribution in [1.82, 2.24) is 19.7 Å². The Morgan fingerprint density at radius 3 is 2.67 bits per heavy atom. The molecule has 0 amide bonds. The van der Waals surface area contributed by atoms with Crippen molar-refractivity contribution in [2.45, 2.75) is 25.3 Å². The highest BCUT2D eigenvalue weighted by molar-refractivity contribution is 7.99. The van der Waals surface area contributed by atoms with Gasteiger partial charge in [-0.05, 0) is 55.5 Å². The van der Waals surface area contributed by atoms with Crippen LogP contribution < -0.4 is 5.32 Å². The minimum Gasteiger partial charge on any atom is -0.324 e. The molecule has 0 aliphatic carbocycles. The lowest BCUT2D eigenvalue weighted by Gasteiger charge is -2.08. The summed E-state index contributed by atoms with van der Waals surface area (Å²) >= 11 is 1.72. The number of para-hydroxylation sites is 1. The molecule has 0 spiro atoms. The maximum Gasteiger partial charge on any atom is 0.227 e. The van der Waals surface area contributed by atoms with Crippen LogP contribution in [-0.4, -0.2) is 25.5 Å². The maximum atomic E-state index is 13.5. The third-order valence-corrected chi connectivity index (χ3v) is 5.69. The quantitative estimate of drug-likeness (QED) is 0.371. The van der Waals surface area contributed by atoms with Crippen LogP contribution in [-0.2, 0) is 0 Å². The Kier molecular flexibility index (Phi) is 6.09. The van der Waals surface area contributed by atoms with Crippen molar-refractivity contribution in [2.24, 2.45) is 0 Å². The van der Waals surface area contributed by atoms with Gasteiger partial charge in [-0.15, -0.1) is 11.8 Å². The third kappa shape index (κ3) is 4.36. The molecule has 0 unspecified atom stereocenters. The zero-order valence-electron chi connectivity index (χ0n) is 16.8. The molecular weight excluding hydrogens is 397 g/mol. The van der Waals surface area contributed by atoms with Crippen LogP contribution in [0.1, 0.15) is 19.0 Å². The summed E-state index contributed by atoms with van der Waals surface area (Å²) in [4.78, 5) is 8.99. The Hall–Kier alpha value is -3.19. The van der Waals surface area contributed by atoms with Crippen molar-refractivity contribution in [3.63, 3.8) is 0 Å². The van der Waals surface area contributed by atoms with Crippen LogP contribution >= 0.6 is 11.8 Å². The van der Waals surface area contributed by atoms with E-state index >= 15 is 0 Å². The number of rotatable bonds is 7. The van der Waals surface area contributed by atoms with Crippen LogP contribution in [0.25, 0.3) is 16.9 Å². The molecule has 0 atom stereocenters. The van der Waals surface area contributed by atoms with E-state index < -0.39 is 0 Å². The van der Waals surface area contributed by atoms with Crippen LogP contribution in [0.4, 0.5) is 16.0 Å². The van der Waals surface area contributed by atoms with Gasteiger partial charge in [0.25, 0.3) is 0 Å². The van der Waals surface area contributed by atoms with Crippen LogP contribution in [0.2, 0.25) is 0 Å². The van der Waals surface area contributed by atoms with Crippen molar-refractivity contribution >= 4 is 23.4 Å². The zero-order valence-corrected chi connectivity index (χ0v) is 17.7. The summed E-state index contributed by atoms with van der Waals surface area (Å²) in [6, 6.07) is 18.2. The first-order valence-corrected chi connectivity index (χ1v) is 10.8. The lowest BCUT2D eigenvalue weighted by Crippen LogP contribution is -2.00. The second-order valence-corrected chi connectivity index (χ2v) is 7.85. The van der Waals surface area contributed by atoms with Gasteiger partial charge in [-0.25, -0.2) is 19.0 Å². The smallest absolute Gasteiger partial charge is 0.227 e. The van der Waals surface area contributed by atoms with Crippen LogP contribution in [0.15, 0.2) is 71.9 Å². The van der Waals surface area contributed by atoms with Crippen LogP contribution in [0.3, 0.4) is 0 Å². The van der Waals surface area contributed by atoms with E-state index in [0.29, 0.717) is 11.6 Å². The van der Waals surface area contributed by atoms with Gasteiger partial charge in [0.15, 0.2) is 0 Å². The molecule has 2 heterocycles. The highest BCUT2D eigenvalue weighted by atomic mass is 32.2. The first-order chi connectivity index (χ1) is 14.7. The molecule has 0 saturated carbocycles. The zero-order chi connectivity index (χ0) is 20.9. The molecule has 0 bridgehead atoms. The van der Waals surface area contributed by atoms with Crippen molar-refractivity contribution in [1.29, 1.82) is 0 Å². The van der Waals surface area contributed by atoms with Gasteiger partial charge in [0.05, 0.1) is 22.6 Å². The molecule has 0 radical (unpaired) electrons. The Labute approximate surface area is 179 Å². The molecule has 0 saturated heterocycles. The van der Waals surface area contributed by atoms with Gasteiger partial charge in [0.1, 0.15) is 10.8 Å². The van der Waals surface area contributed by atoms with Crippen molar-refractivity contribution < 1.29 is 4.39 Å². The molecule has 2 aromatic heterocycles. The number of nitrogens with zero attached hydrogens (tertiary/aromatic N) is 4. The highest BCUT2D eigenvalue weighted by Gasteiger charge is 2.19. The van der Waals surface area contributed by atoms with Crippen LogP contribution in [0.5, 0.6) is 0 Å². The Morgan fingerprint density at radius 2 is 1.90 bits per heavy atom. The number of nitrogens with one attached hydrogen (secondary N) is 1. The Morgan fingerprint density at radius 1 is 1.07 bits per heavy atom. The van der Waals surface area contributed by atoms with Gasteiger partial charge in [-0.1, -0.05) is 31.2 Å². The molecule has 7 heteroatoms. The summed E-state index contributed by atoms with van der Waals surface area (Å²) in [6.07, 6.45) is 2.76. The molecule has 0 fully saturated rings. The molecular formula is C23H22FN5S. The first-order valence-electron chi connectivity index (χ1n) is 9.79. The number of thioether (sulfide) groups is 1. The molecule has 4 rings (SSSR count). The third-order valence-electron chi connectivity index (χ3n) is 4.52. The Balaban J connectivity index is 1.74. The van der Waals surface area contributed by atoms with E-state index in [4.69, 9.17) is 10.1 Å². The van der Waals surface area contributed by atoms with Crippen molar-refractivity contribution in [3.8, 4) is 16.9 Å². The molecule has 0 aliphatic heterocycles. The van der Waals surface area contributed by atoms with Gasteiger partial charge < -0.3 is 5.32 Å². The van der Waals surface area contributed by atoms with Gasteiger partial charge in [0, 0.05) is 11.9 Å². The molecule has 5 nitrogen and oxygen atoms in total. The van der Waals surface area contributed by atoms with E-state index in [9.17, 15) is 4.39 Å². The van der Waals surface area contributed by atoms with E-state index in [1.54, 1.807) is 30.1 Å². The number of hydrogen-bond acceptors (Lipinski definition) is 5.